The van der Waals surface area contributed by atoms with E-state index < -0.39 is 0 Å². The Bertz CT molecular complexity index is 145. The quantitative estimate of drug-likeness (QED) is 0.436. The van der Waals surface area contributed by atoms with Gasteiger partial charge in [-0.15, -0.1) is 0 Å². The molecular weight excluding hydrogens is 144 g/mol. The molecule has 0 fully saturated rings. The van der Waals surface area contributed by atoms with Gasteiger partial charge in [0, 0.05) is 0 Å². The van der Waals surface area contributed by atoms with Gasteiger partial charge < -0.3 is 0 Å². The van der Waals surface area contributed by atoms with Crippen molar-refractivity contribution in [2.45, 2.75) is 13.3 Å². The zero-order valence-electron chi connectivity index (χ0n) is 6.56. The van der Waals surface area contributed by atoms with Gasteiger partial charge in [0.1, 0.15) is 0 Å². The van der Waals surface area contributed by atoms with Crippen LogP contribution in [-0.4, -0.2) is 13.1 Å². The molecule has 0 aliphatic carbocycles. The number of hydrogen-bond acceptors (Lipinski definition) is 4. The molecule has 62 valence electrons. The maximum Gasteiger partial charge on any atom is 0.0992 e. The van der Waals surface area contributed by atoms with Crippen LogP contribution in [0.15, 0.2) is 22.5 Å². The third-order valence-corrected chi connectivity index (χ3v) is 1.27. The van der Waals surface area contributed by atoms with E-state index in [4.69, 9.17) is 0 Å². The van der Waals surface area contributed by atoms with Crippen LogP contribution >= 0.6 is 0 Å². The highest BCUT2D eigenvalue weighted by Gasteiger charge is 1.96. The minimum Gasteiger partial charge on any atom is -0.151 e. The van der Waals surface area contributed by atoms with Crippen molar-refractivity contribution >= 4 is 0 Å². The Labute approximate surface area is 65.6 Å². The highest BCUT2D eigenvalue weighted by atomic mass is 16.3. The molecule has 0 aromatic rings. The van der Waals surface area contributed by atoms with Gasteiger partial charge in [-0.05, 0) is 12.3 Å². The van der Waals surface area contributed by atoms with Crippen molar-refractivity contribution in [2.24, 2.45) is 16.3 Å². The van der Waals surface area contributed by atoms with E-state index in [9.17, 15) is 9.81 Å². The SMILES string of the molecule is C[C@@H](C/C=C\CN=O)CN=O. The zero-order chi connectivity index (χ0) is 8.53. The van der Waals surface area contributed by atoms with Gasteiger partial charge >= 0.3 is 0 Å². The summed E-state index contributed by atoms with van der Waals surface area (Å²) in [6.45, 7) is 2.47. The second kappa shape index (κ2) is 7.05. The summed E-state index contributed by atoms with van der Waals surface area (Å²) in [5.74, 6) is 0.260. The first kappa shape index (κ1) is 9.94. The monoisotopic (exact) mass is 156 g/mol. The molecule has 0 spiro atoms. The van der Waals surface area contributed by atoms with E-state index in [0.29, 0.717) is 6.54 Å². The van der Waals surface area contributed by atoms with Gasteiger partial charge in [0.15, 0.2) is 0 Å². The number of nitrogens with zero attached hydrogens (tertiary/aromatic N) is 2. The van der Waals surface area contributed by atoms with Gasteiger partial charge in [-0.1, -0.05) is 29.4 Å². The van der Waals surface area contributed by atoms with Crippen molar-refractivity contribution in [3.63, 3.8) is 0 Å². The minimum atomic E-state index is 0.210. The molecule has 0 unspecified atom stereocenters. The van der Waals surface area contributed by atoms with Gasteiger partial charge in [-0.3, -0.25) is 0 Å². The van der Waals surface area contributed by atoms with E-state index in [2.05, 4.69) is 10.4 Å². The number of allylic oxidation sites excluding steroid dienone is 1. The molecule has 0 aromatic heterocycles. The molecule has 11 heavy (non-hydrogen) atoms. The van der Waals surface area contributed by atoms with Crippen LogP contribution in [0.4, 0.5) is 0 Å². The first-order valence-electron chi connectivity index (χ1n) is 3.54. The van der Waals surface area contributed by atoms with Gasteiger partial charge in [0.2, 0.25) is 0 Å². The molecule has 0 radical (unpaired) electrons. The van der Waals surface area contributed by atoms with Gasteiger partial charge in [-0.2, -0.15) is 9.81 Å². The molecule has 0 heterocycles. The van der Waals surface area contributed by atoms with Crippen molar-refractivity contribution in [1.82, 2.24) is 0 Å². The van der Waals surface area contributed by atoms with Crippen LogP contribution in [0, 0.1) is 15.7 Å². The summed E-state index contributed by atoms with van der Waals surface area (Å²) in [4.78, 5) is 19.4. The minimum absolute atomic E-state index is 0.210. The van der Waals surface area contributed by atoms with Crippen LogP contribution in [0.3, 0.4) is 0 Å². The van der Waals surface area contributed by atoms with E-state index in [1.807, 2.05) is 13.0 Å². The van der Waals surface area contributed by atoms with Gasteiger partial charge in [0.25, 0.3) is 0 Å². The summed E-state index contributed by atoms with van der Waals surface area (Å²) in [5.41, 5.74) is 0. The highest BCUT2D eigenvalue weighted by molar-refractivity contribution is 4.85. The highest BCUT2D eigenvalue weighted by Crippen LogP contribution is 2.02. The van der Waals surface area contributed by atoms with Crippen molar-refractivity contribution in [3.05, 3.63) is 22.0 Å². The number of rotatable bonds is 6. The number of nitroso groups, excluding NO2 is 2. The van der Waals surface area contributed by atoms with Crippen molar-refractivity contribution in [3.8, 4) is 0 Å². The Morgan fingerprint density at radius 1 is 1.27 bits per heavy atom. The van der Waals surface area contributed by atoms with Crippen LogP contribution in [-0.2, 0) is 0 Å². The summed E-state index contributed by atoms with van der Waals surface area (Å²) in [6.07, 6.45) is 4.31. The second-order valence-electron chi connectivity index (χ2n) is 2.44. The Morgan fingerprint density at radius 3 is 2.55 bits per heavy atom. The molecule has 1 atom stereocenters. The second-order valence-corrected chi connectivity index (χ2v) is 2.44. The molecule has 4 heteroatoms. The smallest absolute Gasteiger partial charge is 0.0992 e. The molecule has 0 aliphatic rings. The Kier molecular flexibility index (Phi) is 6.37. The molecule has 0 rings (SSSR count). The lowest BCUT2D eigenvalue weighted by atomic mass is 10.1. The van der Waals surface area contributed by atoms with E-state index in [0.717, 1.165) is 6.42 Å². The first-order valence-corrected chi connectivity index (χ1v) is 3.54. The summed E-state index contributed by atoms with van der Waals surface area (Å²) < 4.78 is 0. The zero-order valence-corrected chi connectivity index (χ0v) is 6.56. The van der Waals surface area contributed by atoms with Crippen molar-refractivity contribution in [1.29, 1.82) is 0 Å². The predicted octanol–water partition coefficient (Wildman–Crippen LogP) is 2.10. The molecule has 0 bridgehead atoms. The van der Waals surface area contributed by atoms with E-state index in [1.165, 1.54) is 0 Å². The third kappa shape index (κ3) is 6.83. The molecule has 0 amide bonds. The van der Waals surface area contributed by atoms with Crippen LogP contribution in [0.1, 0.15) is 13.3 Å². The maximum absolute atomic E-state index is 9.76. The Balaban J connectivity index is 3.35. The normalized spacial score (nSPS) is 13.2. The Hall–Kier alpha value is -1.06. The average molecular weight is 156 g/mol. The standard InChI is InChI=1S/C7H12N2O2/c1-7(6-9-11)4-2-3-5-8-10/h2-3,7H,4-6H2,1H3/b3-2-/t7-/m0/s1. The maximum atomic E-state index is 9.76. The average Bonchev–Trinajstić information content (AvgIpc) is 1.99. The molecule has 4 nitrogen and oxygen atoms in total. The molecule has 0 aliphatic heterocycles. The number of hydrogen-bond donors (Lipinski definition) is 0. The fourth-order valence-electron chi connectivity index (χ4n) is 0.648. The predicted molar refractivity (Wildman–Crippen MR) is 44.2 cm³/mol. The third-order valence-electron chi connectivity index (χ3n) is 1.27. The van der Waals surface area contributed by atoms with Crippen LogP contribution in [0.25, 0.3) is 0 Å². The fraction of sp³-hybridized carbons (Fsp3) is 0.714. The Morgan fingerprint density at radius 2 is 2.00 bits per heavy atom. The molecular formula is C7H12N2O2. The van der Waals surface area contributed by atoms with Gasteiger partial charge in [-0.25, -0.2) is 0 Å². The van der Waals surface area contributed by atoms with Crippen LogP contribution in [0.2, 0.25) is 0 Å². The molecule has 0 N–H and O–H groups in total. The van der Waals surface area contributed by atoms with Gasteiger partial charge in [0.05, 0.1) is 13.1 Å². The lowest BCUT2D eigenvalue weighted by Crippen LogP contribution is -1.95. The van der Waals surface area contributed by atoms with Crippen LogP contribution in [0.5, 0.6) is 0 Å². The molecule has 0 saturated heterocycles. The first-order chi connectivity index (χ1) is 5.31. The summed E-state index contributed by atoms with van der Waals surface area (Å²) in [5, 5.41) is 5.42. The largest absolute Gasteiger partial charge is 0.151 e. The summed E-state index contributed by atoms with van der Waals surface area (Å²) >= 11 is 0. The molecule has 0 aromatic carbocycles. The molecule has 0 saturated carbocycles. The lowest BCUT2D eigenvalue weighted by molar-refractivity contribution is 0.604. The van der Waals surface area contributed by atoms with E-state index in [1.54, 1.807) is 6.08 Å². The van der Waals surface area contributed by atoms with Crippen molar-refractivity contribution < 1.29 is 0 Å². The van der Waals surface area contributed by atoms with E-state index in [-0.39, 0.29) is 12.5 Å². The van der Waals surface area contributed by atoms with Crippen LogP contribution < -0.4 is 0 Å². The fourth-order valence-corrected chi connectivity index (χ4v) is 0.648. The summed E-state index contributed by atoms with van der Waals surface area (Å²) in [7, 11) is 0. The van der Waals surface area contributed by atoms with Crippen molar-refractivity contribution in [2.75, 3.05) is 13.1 Å². The van der Waals surface area contributed by atoms with E-state index >= 15 is 0 Å². The lowest BCUT2D eigenvalue weighted by Gasteiger charge is -1.99. The topological polar surface area (TPSA) is 58.9 Å². The summed E-state index contributed by atoms with van der Waals surface area (Å²) in [6, 6.07) is 0.